The highest BCUT2D eigenvalue weighted by atomic mass is 35.5. The lowest BCUT2D eigenvalue weighted by atomic mass is 10.3. The first-order valence-electron chi connectivity index (χ1n) is 5.49. The smallest absolute Gasteiger partial charge is 0.404 e. The van der Waals surface area contributed by atoms with Crippen LogP contribution >= 0.6 is 11.6 Å². The number of para-hydroxylation sites is 2. The van der Waals surface area contributed by atoms with Crippen LogP contribution in [-0.2, 0) is 0 Å². The standard InChI is InChI=1S/C12H7ClF3N3O2/c13-10-6-17-5-8(18-10)11(20)19-7-3-1-2-4-9(7)21-12(14,15)16/h1-6H,(H,19,20). The van der Waals surface area contributed by atoms with Crippen LogP contribution < -0.4 is 10.1 Å². The third-order valence-corrected chi connectivity index (χ3v) is 2.38. The number of carbonyl (C=O) groups excluding carboxylic acids is 1. The van der Waals surface area contributed by atoms with E-state index in [4.69, 9.17) is 11.6 Å². The van der Waals surface area contributed by atoms with Crippen LogP contribution in [0.15, 0.2) is 36.7 Å². The minimum absolute atomic E-state index is 0.0116. The second-order valence-corrected chi connectivity index (χ2v) is 4.11. The number of ether oxygens (including phenoxy) is 1. The van der Waals surface area contributed by atoms with E-state index in [9.17, 15) is 18.0 Å². The molecule has 0 aliphatic rings. The molecule has 1 N–H and O–H groups in total. The minimum atomic E-state index is -4.86. The number of halogens is 4. The number of rotatable bonds is 3. The Hall–Kier alpha value is -2.35. The third kappa shape index (κ3) is 4.32. The topological polar surface area (TPSA) is 64.1 Å². The van der Waals surface area contributed by atoms with Gasteiger partial charge in [0.25, 0.3) is 5.91 Å². The van der Waals surface area contributed by atoms with Crippen LogP contribution in [0.5, 0.6) is 5.75 Å². The Morgan fingerprint density at radius 3 is 2.62 bits per heavy atom. The molecule has 2 aromatic rings. The molecule has 1 aromatic carbocycles. The first-order valence-corrected chi connectivity index (χ1v) is 5.86. The summed E-state index contributed by atoms with van der Waals surface area (Å²) >= 11 is 5.58. The van der Waals surface area contributed by atoms with Gasteiger partial charge >= 0.3 is 6.36 Å². The van der Waals surface area contributed by atoms with Crippen LogP contribution in [0, 0.1) is 0 Å². The summed E-state index contributed by atoms with van der Waals surface area (Å²) in [6.45, 7) is 0. The van der Waals surface area contributed by atoms with Gasteiger partial charge in [0.1, 0.15) is 10.8 Å². The molecule has 0 fully saturated rings. The van der Waals surface area contributed by atoms with Gasteiger partial charge in [-0.3, -0.25) is 9.78 Å². The molecule has 0 aliphatic heterocycles. The highest BCUT2D eigenvalue weighted by Crippen LogP contribution is 2.30. The molecular weight excluding hydrogens is 311 g/mol. The van der Waals surface area contributed by atoms with Gasteiger partial charge < -0.3 is 10.1 Å². The summed E-state index contributed by atoms with van der Waals surface area (Å²) in [5, 5.41) is 2.24. The highest BCUT2D eigenvalue weighted by Gasteiger charge is 2.32. The Morgan fingerprint density at radius 1 is 1.24 bits per heavy atom. The van der Waals surface area contributed by atoms with Gasteiger partial charge in [0.15, 0.2) is 5.75 Å². The number of hydrogen-bond acceptors (Lipinski definition) is 4. The van der Waals surface area contributed by atoms with Gasteiger partial charge in [0.05, 0.1) is 18.1 Å². The van der Waals surface area contributed by atoms with Gasteiger partial charge in [-0.25, -0.2) is 4.98 Å². The Morgan fingerprint density at radius 2 is 1.95 bits per heavy atom. The lowest BCUT2D eigenvalue weighted by Gasteiger charge is -2.13. The molecule has 1 aromatic heterocycles. The van der Waals surface area contributed by atoms with Gasteiger partial charge in [-0.15, -0.1) is 13.2 Å². The van der Waals surface area contributed by atoms with Crippen LogP contribution in [0.2, 0.25) is 5.15 Å². The predicted octanol–water partition coefficient (Wildman–Crippen LogP) is 3.28. The summed E-state index contributed by atoms with van der Waals surface area (Å²) in [4.78, 5) is 19.2. The summed E-state index contributed by atoms with van der Waals surface area (Å²) in [5.41, 5.74) is -0.286. The van der Waals surface area contributed by atoms with Gasteiger partial charge in [-0.2, -0.15) is 0 Å². The van der Waals surface area contributed by atoms with Crippen molar-refractivity contribution in [1.29, 1.82) is 0 Å². The van der Waals surface area contributed by atoms with E-state index in [0.29, 0.717) is 0 Å². The van der Waals surface area contributed by atoms with E-state index in [-0.39, 0.29) is 16.5 Å². The molecule has 0 spiro atoms. The van der Waals surface area contributed by atoms with Gasteiger partial charge in [-0.1, -0.05) is 23.7 Å². The second-order valence-electron chi connectivity index (χ2n) is 3.73. The fourth-order valence-corrected chi connectivity index (χ4v) is 1.57. The van der Waals surface area contributed by atoms with Crippen molar-refractivity contribution in [3.8, 4) is 5.75 Å². The second kappa shape index (κ2) is 5.96. The normalized spacial score (nSPS) is 11.0. The predicted molar refractivity (Wildman–Crippen MR) is 68.1 cm³/mol. The van der Waals surface area contributed by atoms with Gasteiger partial charge in [0.2, 0.25) is 0 Å². The van der Waals surface area contributed by atoms with E-state index in [2.05, 4.69) is 20.0 Å². The molecule has 110 valence electrons. The number of nitrogens with one attached hydrogen (secondary N) is 1. The van der Waals surface area contributed by atoms with Crippen molar-refractivity contribution in [1.82, 2.24) is 9.97 Å². The van der Waals surface area contributed by atoms with Crippen LogP contribution in [-0.4, -0.2) is 22.2 Å². The molecule has 0 saturated carbocycles. The van der Waals surface area contributed by atoms with Crippen LogP contribution in [0.4, 0.5) is 18.9 Å². The lowest BCUT2D eigenvalue weighted by molar-refractivity contribution is -0.274. The van der Waals surface area contributed by atoms with Crippen molar-refractivity contribution in [2.45, 2.75) is 6.36 Å². The van der Waals surface area contributed by atoms with Crippen molar-refractivity contribution in [3.05, 3.63) is 47.5 Å². The first kappa shape index (κ1) is 15.0. The highest BCUT2D eigenvalue weighted by molar-refractivity contribution is 6.29. The summed E-state index contributed by atoms with van der Waals surface area (Å²) < 4.78 is 40.6. The average Bonchev–Trinajstić information content (AvgIpc) is 2.39. The summed E-state index contributed by atoms with van der Waals surface area (Å²) in [5.74, 6) is -1.29. The molecule has 0 bridgehead atoms. The monoisotopic (exact) mass is 317 g/mol. The van der Waals surface area contributed by atoms with Crippen molar-refractivity contribution in [3.63, 3.8) is 0 Å². The Kier molecular flexibility index (Phi) is 4.27. The van der Waals surface area contributed by atoms with Crippen molar-refractivity contribution < 1.29 is 22.7 Å². The van der Waals surface area contributed by atoms with E-state index in [1.807, 2.05) is 0 Å². The molecule has 1 heterocycles. The third-order valence-electron chi connectivity index (χ3n) is 2.20. The number of anilines is 1. The van der Waals surface area contributed by atoms with E-state index in [1.165, 1.54) is 24.4 Å². The van der Waals surface area contributed by atoms with Crippen LogP contribution in [0.25, 0.3) is 0 Å². The molecule has 0 aliphatic carbocycles. The fourth-order valence-electron chi connectivity index (χ4n) is 1.42. The maximum atomic E-state index is 12.3. The average molecular weight is 318 g/mol. The molecule has 0 unspecified atom stereocenters. The summed E-state index contributed by atoms with van der Waals surface area (Å²) in [6.07, 6.45) is -2.51. The quantitative estimate of drug-likeness (QED) is 0.943. The van der Waals surface area contributed by atoms with E-state index in [1.54, 1.807) is 0 Å². The summed E-state index contributed by atoms with van der Waals surface area (Å²) in [7, 11) is 0. The number of carbonyl (C=O) groups is 1. The Labute approximate surface area is 121 Å². The zero-order chi connectivity index (χ0) is 15.5. The maximum Gasteiger partial charge on any atom is 0.573 e. The Balaban J connectivity index is 2.22. The zero-order valence-corrected chi connectivity index (χ0v) is 10.9. The largest absolute Gasteiger partial charge is 0.573 e. The van der Waals surface area contributed by atoms with E-state index >= 15 is 0 Å². The van der Waals surface area contributed by atoms with Crippen LogP contribution in [0.3, 0.4) is 0 Å². The van der Waals surface area contributed by atoms with E-state index < -0.39 is 18.0 Å². The lowest BCUT2D eigenvalue weighted by Crippen LogP contribution is -2.20. The minimum Gasteiger partial charge on any atom is -0.404 e. The SMILES string of the molecule is O=C(Nc1ccccc1OC(F)(F)F)c1cncc(Cl)n1. The molecule has 2 rings (SSSR count). The molecule has 5 nitrogen and oxygen atoms in total. The Bertz CT molecular complexity index is 664. The number of amides is 1. The number of alkyl halides is 3. The van der Waals surface area contributed by atoms with Gasteiger partial charge in [0, 0.05) is 0 Å². The van der Waals surface area contributed by atoms with Crippen molar-refractivity contribution >= 4 is 23.2 Å². The fraction of sp³-hybridized carbons (Fsp3) is 0.0833. The number of nitrogens with zero attached hydrogens (tertiary/aromatic N) is 2. The van der Waals surface area contributed by atoms with Crippen molar-refractivity contribution in [2.24, 2.45) is 0 Å². The number of hydrogen-bond donors (Lipinski definition) is 1. The van der Waals surface area contributed by atoms with E-state index in [0.717, 1.165) is 12.3 Å². The molecule has 9 heteroatoms. The maximum absolute atomic E-state index is 12.3. The first-order chi connectivity index (χ1) is 9.85. The summed E-state index contributed by atoms with van der Waals surface area (Å²) in [6, 6.07) is 5.13. The number of benzene rings is 1. The van der Waals surface area contributed by atoms with Crippen molar-refractivity contribution in [2.75, 3.05) is 5.32 Å². The molecule has 1 amide bonds. The van der Waals surface area contributed by atoms with Crippen LogP contribution in [0.1, 0.15) is 10.5 Å². The molecule has 0 saturated heterocycles. The molecular formula is C12H7ClF3N3O2. The molecule has 21 heavy (non-hydrogen) atoms. The molecule has 0 atom stereocenters. The van der Waals surface area contributed by atoms with Gasteiger partial charge in [-0.05, 0) is 12.1 Å². The zero-order valence-electron chi connectivity index (χ0n) is 10.2. The number of aromatic nitrogens is 2. The molecule has 0 radical (unpaired) electrons.